The van der Waals surface area contributed by atoms with Crippen molar-refractivity contribution < 1.29 is 4.79 Å². The van der Waals surface area contributed by atoms with Crippen molar-refractivity contribution in [3.05, 3.63) is 47.1 Å². The Morgan fingerprint density at radius 2 is 2.14 bits per heavy atom. The van der Waals surface area contributed by atoms with Crippen molar-refractivity contribution in [2.45, 2.75) is 5.16 Å². The highest BCUT2D eigenvalue weighted by molar-refractivity contribution is 7.99. The molecule has 0 unspecified atom stereocenters. The lowest BCUT2D eigenvalue weighted by molar-refractivity contribution is -0.114. The lowest BCUT2D eigenvalue weighted by Gasteiger charge is -2.04. The Morgan fingerprint density at radius 3 is 2.86 bits per heavy atom. The molecule has 11 heteroatoms. The summed E-state index contributed by atoms with van der Waals surface area (Å²) in [6.45, 7) is 0. The molecule has 0 fully saturated rings. The molecule has 2 heterocycles. The lowest BCUT2D eigenvalue weighted by Crippen LogP contribution is -2.31. The molecule has 1 amide bonds. The van der Waals surface area contributed by atoms with Gasteiger partial charge in [-0.3, -0.25) is 10.2 Å². The molecule has 2 N–H and O–H groups in total. The van der Waals surface area contributed by atoms with Crippen LogP contribution < -0.4 is 11.1 Å². The van der Waals surface area contributed by atoms with Gasteiger partial charge in [-0.25, -0.2) is 9.89 Å². The van der Waals surface area contributed by atoms with Crippen LogP contribution in [-0.2, 0) is 4.79 Å². The first kappa shape index (κ1) is 14.0. The molecule has 0 aliphatic heterocycles. The third-order valence-electron chi connectivity index (χ3n) is 2.57. The second-order valence-corrected chi connectivity index (χ2v) is 5.01. The van der Waals surface area contributed by atoms with Gasteiger partial charge in [0.2, 0.25) is 11.1 Å². The molecule has 3 rings (SSSR count). The maximum absolute atomic E-state index is 11.8. The van der Waals surface area contributed by atoms with E-state index in [1.165, 1.54) is 11.0 Å². The summed E-state index contributed by atoms with van der Waals surface area (Å²) in [4.78, 5) is 23.0. The van der Waals surface area contributed by atoms with Crippen LogP contribution in [0.25, 0.3) is 5.69 Å². The van der Waals surface area contributed by atoms with Crippen molar-refractivity contribution in [1.82, 2.24) is 35.1 Å². The molecule has 112 valence electrons. The summed E-state index contributed by atoms with van der Waals surface area (Å²) in [7, 11) is 0. The van der Waals surface area contributed by atoms with E-state index in [-0.39, 0.29) is 11.7 Å². The number of hydrogen-bond donors (Lipinski definition) is 2. The number of H-pyrrole nitrogens is 1. The molecule has 0 aliphatic rings. The van der Waals surface area contributed by atoms with E-state index >= 15 is 0 Å². The van der Waals surface area contributed by atoms with Crippen molar-refractivity contribution in [2.75, 3.05) is 11.2 Å². The van der Waals surface area contributed by atoms with Crippen LogP contribution in [0, 0.1) is 0 Å². The molecule has 0 aliphatic carbocycles. The number of rotatable bonds is 5. The first-order valence-electron chi connectivity index (χ1n) is 6.12. The quantitative estimate of drug-likeness (QED) is 0.603. The van der Waals surface area contributed by atoms with Crippen molar-refractivity contribution >= 4 is 17.7 Å². The number of nitrogens with one attached hydrogen (secondary N) is 2. The van der Waals surface area contributed by atoms with E-state index in [1.807, 2.05) is 30.3 Å². The number of carbonyl (C=O) groups excluding carboxylic acids is 1. The third-order valence-corrected chi connectivity index (χ3v) is 3.49. The highest BCUT2D eigenvalue weighted by Gasteiger charge is 2.12. The third kappa shape index (κ3) is 3.03. The summed E-state index contributed by atoms with van der Waals surface area (Å²) in [5, 5.41) is 17.5. The minimum Gasteiger partial charge on any atom is -0.272 e. The second kappa shape index (κ2) is 6.22. The topological polar surface area (TPSA) is 123 Å². The zero-order valence-electron chi connectivity index (χ0n) is 11.1. The van der Waals surface area contributed by atoms with Gasteiger partial charge in [0, 0.05) is 0 Å². The highest BCUT2D eigenvalue weighted by Crippen LogP contribution is 2.17. The van der Waals surface area contributed by atoms with Crippen LogP contribution in [0.1, 0.15) is 0 Å². The summed E-state index contributed by atoms with van der Waals surface area (Å²) >= 11 is 1.15. The van der Waals surface area contributed by atoms with E-state index in [0.717, 1.165) is 22.1 Å². The normalized spacial score (nSPS) is 10.5. The van der Waals surface area contributed by atoms with E-state index in [1.54, 1.807) is 0 Å². The molecule has 3 aromatic rings. The number of nitrogens with zero attached hydrogens (tertiary/aromatic N) is 6. The molecule has 2 aromatic heterocycles. The average molecular weight is 318 g/mol. The summed E-state index contributed by atoms with van der Waals surface area (Å²) < 4.78 is 2.49. The van der Waals surface area contributed by atoms with Gasteiger partial charge in [-0.05, 0) is 22.6 Å². The van der Waals surface area contributed by atoms with E-state index in [4.69, 9.17) is 0 Å². The Balaban J connectivity index is 1.65. The summed E-state index contributed by atoms with van der Waals surface area (Å²) in [5.41, 5.74) is 2.66. The van der Waals surface area contributed by atoms with Crippen molar-refractivity contribution in [1.29, 1.82) is 0 Å². The fraction of sp³-hybridized carbons (Fsp3) is 0.0909. The molecule has 0 spiro atoms. The van der Waals surface area contributed by atoms with Crippen LogP contribution in [0.5, 0.6) is 0 Å². The van der Waals surface area contributed by atoms with Gasteiger partial charge in [-0.15, -0.1) is 5.10 Å². The number of thioether (sulfide) groups is 1. The molecule has 22 heavy (non-hydrogen) atoms. The molecule has 0 bridgehead atoms. The zero-order valence-corrected chi connectivity index (χ0v) is 11.9. The minimum atomic E-state index is -0.521. The second-order valence-electron chi connectivity index (χ2n) is 4.06. The van der Waals surface area contributed by atoms with Crippen molar-refractivity contribution in [3.8, 4) is 5.69 Å². The molecular formula is C11H10N8O2S. The van der Waals surface area contributed by atoms with Crippen LogP contribution in [0.2, 0.25) is 0 Å². The monoisotopic (exact) mass is 318 g/mol. The Bertz CT molecular complexity index is 824. The number of tetrazole rings is 1. The smallest absolute Gasteiger partial charge is 0.272 e. The predicted molar refractivity (Wildman–Crippen MR) is 77.1 cm³/mol. The van der Waals surface area contributed by atoms with Crippen molar-refractivity contribution in [3.63, 3.8) is 0 Å². The largest absolute Gasteiger partial charge is 0.362 e. The number of carbonyl (C=O) groups is 1. The summed E-state index contributed by atoms with van der Waals surface area (Å²) in [6.07, 6.45) is 1.18. The minimum absolute atomic E-state index is 0.0465. The molecule has 0 atom stereocenters. The Kier molecular flexibility index (Phi) is 3.96. The first-order chi connectivity index (χ1) is 10.7. The number of benzene rings is 1. The lowest BCUT2D eigenvalue weighted by atomic mass is 10.3. The Labute approximate surface area is 127 Å². The van der Waals surface area contributed by atoms with Crippen LogP contribution in [0.15, 0.2) is 46.6 Å². The van der Waals surface area contributed by atoms with Gasteiger partial charge in [-0.1, -0.05) is 30.0 Å². The van der Waals surface area contributed by atoms with Crippen LogP contribution in [-0.4, -0.2) is 46.7 Å². The van der Waals surface area contributed by atoms with Crippen LogP contribution in [0.3, 0.4) is 0 Å². The highest BCUT2D eigenvalue weighted by atomic mass is 32.2. The zero-order chi connectivity index (χ0) is 15.4. The molecule has 0 saturated carbocycles. The SMILES string of the molecule is O=C(CSc1nnnn1-c1ccccc1)Nn1cn[nH]c1=O. The number of amides is 1. The predicted octanol–water partition coefficient (Wildman–Crippen LogP) is -0.591. The number of aromatic nitrogens is 7. The Morgan fingerprint density at radius 1 is 1.32 bits per heavy atom. The fourth-order valence-electron chi connectivity index (χ4n) is 1.62. The van der Waals surface area contributed by atoms with Gasteiger partial charge < -0.3 is 0 Å². The maximum Gasteiger partial charge on any atom is 0.362 e. The van der Waals surface area contributed by atoms with E-state index in [2.05, 4.69) is 31.1 Å². The average Bonchev–Trinajstić information content (AvgIpc) is 3.16. The van der Waals surface area contributed by atoms with Crippen LogP contribution >= 0.6 is 11.8 Å². The van der Waals surface area contributed by atoms with Gasteiger partial charge in [0.1, 0.15) is 6.33 Å². The molecular weight excluding hydrogens is 308 g/mol. The van der Waals surface area contributed by atoms with Crippen LogP contribution in [0.4, 0.5) is 0 Å². The van der Waals surface area contributed by atoms with Gasteiger partial charge in [0.05, 0.1) is 11.4 Å². The van der Waals surface area contributed by atoms with E-state index in [0.29, 0.717) is 5.16 Å². The van der Waals surface area contributed by atoms with E-state index < -0.39 is 5.69 Å². The summed E-state index contributed by atoms with van der Waals surface area (Å²) in [6, 6.07) is 9.32. The standard InChI is InChI=1S/C11H10N8O2S/c20-9(15-18-7-12-13-10(18)21)6-22-11-14-16-17-19(11)8-4-2-1-3-5-8/h1-5,7H,6H2,(H,13,21)(H,15,20). The molecule has 0 radical (unpaired) electrons. The van der Waals surface area contributed by atoms with Crippen molar-refractivity contribution in [2.24, 2.45) is 0 Å². The number of para-hydroxylation sites is 1. The number of aromatic amines is 1. The van der Waals surface area contributed by atoms with Gasteiger partial charge >= 0.3 is 5.69 Å². The molecule has 0 saturated heterocycles. The van der Waals surface area contributed by atoms with Gasteiger partial charge in [0.15, 0.2) is 0 Å². The fourth-order valence-corrected chi connectivity index (χ4v) is 2.31. The number of hydrogen-bond acceptors (Lipinski definition) is 7. The molecule has 1 aromatic carbocycles. The van der Waals surface area contributed by atoms with Gasteiger partial charge in [0.25, 0.3) is 0 Å². The summed E-state index contributed by atoms with van der Waals surface area (Å²) in [5.74, 6) is -0.332. The van der Waals surface area contributed by atoms with E-state index in [9.17, 15) is 9.59 Å². The first-order valence-corrected chi connectivity index (χ1v) is 7.11. The van der Waals surface area contributed by atoms with Gasteiger partial charge in [-0.2, -0.15) is 14.5 Å². The maximum atomic E-state index is 11.8. The Hall–Kier alpha value is -2.95. The molecule has 10 nitrogen and oxygen atoms in total.